The van der Waals surface area contributed by atoms with E-state index in [0.717, 1.165) is 40.8 Å². The molecule has 0 saturated heterocycles. The number of anilines is 2. The number of aryl methyl sites for hydroxylation is 2. The van der Waals surface area contributed by atoms with Gasteiger partial charge in [-0.2, -0.15) is 0 Å². The van der Waals surface area contributed by atoms with E-state index in [4.69, 9.17) is 0 Å². The number of para-hydroxylation sites is 1. The van der Waals surface area contributed by atoms with Gasteiger partial charge < -0.3 is 5.32 Å². The third-order valence-corrected chi connectivity index (χ3v) is 7.38. The van der Waals surface area contributed by atoms with E-state index in [0.29, 0.717) is 11.3 Å². The molecule has 0 bridgehead atoms. The fraction of sp³-hybridized carbons (Fsp3) is 0.200. The first-order chi connectivity index (χ1) is 17.7. The predicted octanol–water partition coefficient (Wildman–Crippen LogP) is 5.76. The maximum absolute atomic E-state index is 12.8. The zero-order valence-corrected chi connectivity index (χ0v) is 22.1. The van der Waals surface area contributed by atoms with Gasteiger partial charge in [-0.15, -0.1) is 0 Å². The molecule has 0 saturated carbocycles. The summed E-state index contributed by atoms with van der Waals surface area (Å²) in [6.07, 6.45) is 6.30. The highest BCUT2D eigenvalue weighted by atomic mass is 32.2. The van der Waals surface area contributed by atoms with Crippen molar-refractivity contribution in [3.8, 4) is 0 Å². The summed E-state index contributed by atoms with van der Waals surface area (Å²) in [5.41, 5.74) is 6.94. The molecule has 1 heterocycles. The van der Waals surface area contributed by atoms with Crippen LogP contribution in [0.4, 0.5) is 11.4 Å². The molecular weight excluding hydrogens is 482 g/mol. The fourth-order valence-electron chi connectivity index (χ4n) is 4.30. The zero-order valence-electron chi connectivity index (χ0n) is 21.3. The molecule has 7 heteroatoms. The zero-order chi connectivity index (χ0) is 26.4. The molecule has 4 rings (SSSR count). The van der Waals surface area contributed by atoms with Gasteiger partial charge in [0.05, 0.1) is 18.5 Å². The molecule has 0 radical (unpaired) electrons. The first-order valence-corrected chi connectivity index (χ1v) is 14.0. The van der Waals surface area contributed by atoms with Crippen molar-refractivity contribution < 1.29 is 13.2 Å². The lowest BCUT2D eigenvalue weighted by Crippen LogP contribution is -2.31. The molecule has 1 aromatic heterocycles. The number of sulfonamides is 1. The van der Waals surface area contributed by atoms with Gasteiger partial charge in [0.25, 0.3) is 5.91 Å². The summed E-state index contributed by atoms with van der Waals surface area (Å²) in [4.78, 5) is 16.8. The minimum Gasteiger partial charge on any atom is -0.322 e. The Kier molecular flexibility index (Phi) is 8.04. The first-order valence-electron chi connectivity index (χ1n) is 12.2. The van der Waals surface area contributed by atoms with Crippen molar-refractivity contribution in [2.45, 2.75) is 33.2 Å². The number of aromatic nitrogens is 1. The van der Waals surface area contributed by atoms with Gasteiger partial charge >= 0.3 is 0 Å². The molecule has 6 nitrogen and oxygen atoms in total. The largest absolute Gasteiger partial charge is 0.322 e. The molecule has 0 atom stereocenters. The molecule has 0 unspecified atom stereocenters. The number of hydrogen-bond donors (Lipinski definition) is 1. The van der Waals surface area contributed by atoms with Gasteiger partial charge in [-0.05, 0) is 84.0 Å². The highest BCUT2D eigenvalue weighted by Gasteiger charge is 2.22. The standard InChI is InChI=1S/C30H31N3O3S/c1-4-26-7-5-6-22(2)29(26)33(37(3,35)36)21-25-8-12-27(13-9-25)30(34)32-28-14-10-23(11-15-28)20-24-16-18-31-19-17-24/h5-19H,4,20-21H2,1-3H3,(H,32,34). The van der Waals surface area contributed by atoms with Crippen LogP contribution in [0.1, 0.15) is 45.1 Å². The highest BCUT2D eigenvalue weighted by molar-refractivity contribution is 7.92. The average molecular weight is 514 g/mol. The molecule has 37 heavy (non-hydrogen) atoms. The number of hydrogen-bond acceptors (Lipinski definition) is 4. The van der Waals surface area contributed by atoms with Crippen LogP contribution < -0.4 is 9.62 Å². The minimum atomic E-state index is -3.51. The van der Waals surface area contributed by atoms with Gasteiger partial charge in [0.1, 0.15) is 0 Å². The van der Waals surface area contributed by atoms with Crippen LogP contribution >= 0.6 is 0 Å². The van der Waals surface area contributed by atoms with Crippen molar-refractivity contribution in [3.05, 3.63) is 125 Å². The first kappa shape index (κ1) is 26.1. The molecule has 0 spiro atoms. The minimum absolute atomic E-state index is 0.192. The summed E-state index contributed by atoms with van der Waals surface area (Å²) in [5, 5.41) is 2.93. The lowest BCUT2D eigenvalue weighted by Gasteiger charge is -2.26. The summed E-state index contributed by atoms with van der Waals surface area (Å²) in [6, 6.07) is 24.6. The van der Waals surface area contributed by atoms with Crippen LogP contribution in [0.2, 0.25) is 0 Å². The van der Waals surface area contributed by atoms with E-state index in [9.17, 15) is 13.2 Å². The van der Waals surface area contributed by atoms with Crippen molar-refractivity contribution in [2.24, 2.45) is 0 Å². The number of pyridine rings is 1. The van der Waals surface area contributed by atoms with Gasteiger partial charge in [0, 0.05) is 23.6 Å². The lowest BCUT2D eigenvalue weighted by molar-refractivity contribution is 0.102. The number of nitrogens with one attached hydrogen (secondary N) is 1. The molecular formula is C30H31N3O3S. The van der Waals surface area contributed by atoms with E-state index in [-0.39, 0.29) is 12.5 Å². The van der Waals surface area contributed by atoms with Crippen molar-refractivity contribution in [3.63, 3.8) is 0 Å². The van der Waals surface area contributed by atoms with E-state index in [1.54, 1.807) is 36.7 Å². The fourth-order valence-corrected chi connectivity index (χ4v) is 5.27. The van der Waals surface area contributed by atoms with Crippen LogP contribution in [0.15, 0.2) is 91.3 Å². The maximum Gasteiger partial charge on any atom is 0.255 e. The maximum atomic E-state index is 12.8. The normalized spacial score (nSPS) is 11.2. The summed E-state index contributed by atoms with van der Waals surface area (Å²) in [6.45, 7) is 4.13. The molecule has 0 aliphatic carbocycles. The Morgan fingerprint density at radius 3 is 2.11 bits per heavy atom. The van der Waals surface area contributed by atoms with E-state index < -0.39 is 10.0 Å². The predicted molar refractivity (Wildman–Crippen MR) is 149 cm³/mol. The molecule has 4 aromatic rings. The van der Waals surface area contributed by atoms with Crippen LogP contribution in [0, 0.1) is 6.92 Å². The van der Waals surface area contributed by atoms with Gasteiger partial charge in [-0.1, -0.05) is 49.4 Å². The second-order valence-electron chi connectivity index (χ2n) is 9.09. The number of amides is 1. The second-order valence-corrected chi connectivity index (χ2v) is 11.0. The van der Waals surface area contributed by atoms with Gasteiger partial charge in [-0.3, -0.25) is 14.1 Å². The Morgan fingerprint density at radius 1 is 0.865 bits per heavy atom. The summed E-state index contributed by atoms with van der Waals surface area (Å²) in [7, 11) is -3.51. The molecule has 0 fully saturated rings. The monoisotopic (exact) mass is 513 g/mol. The number of carbonyl (C=O) groups is 1. The lowest BCUT2D eigenvalue weighted by atomic mass is 10.0. The van der Waals surface area contributed by atoms with Crippen molar-refractivity contribution in [2.75, 3.05) is 15.9 Å². The number of carbonyl (C=O) groups excluding carboxylic acids is 1. The van der Waals surface area contributed by atoms with Gasteiger partial charge in [0.15, 0.2) is 0 Å². The summed E-state index contributed by atoms with van der Waals surface area (Å²) < 4.78 is 26.9. The van der Waals surface area contributed by atoms with E-state index in [2.05, 4.69) is 10.3 Å². The third-order valence-electron chi connectivity index (χ3n) is 6.26. The van der Waals surface area contributed by atoms with Gasteiger partial charge in [-0.25, -0.2) is 8.42 Å². The summed E-state index contributed by atoms with van der Waals surface area (Å²) in [5.74, 6) is -0.222. The Bertz CT molecular complexity index is 1470. The topological polar surface area (TPSA) is 79.4 Å². The van der Waals surface area contributed by atoms with Crippen LogP contribution in [-0.4, -0.2) is 25.6 Å². The number of nitrogens with zero attached hydrogens (tertiary/aromatic N) is 2. The summed E-state index contributed by atoms with van der Waals surface area (Å²) >= 11 is 0. The Labute approximate surface area is 219 Å². The number of benzene rings is 3. The van der Waals surface area contributed by atoms with E-state index in [1.807, 2.05) is 68.4 Å². The van der Waals surface area contributed by atoms with Crippen molar-refractivity contribution in [1.82, 2.24) is 4.98 Å². The Hall–Kier alpha value is -3.97. The van der Waals surface area contributed by atoms with Crippen LogP contribution in [0.5, 0.6) is 0 Å². The van der Waals surface area contributed by atoms with Gasteiger partial charge in [0.2, 0.25) is 10.0 Å². The SMILES string of the molecule is CCc1cccc(C)c1N(Cc1ccc(C(=O)Nc2ccc(Cc3ccncc3)cc2)cc1)S(C)(=O)=O. The van der Waals surface area contributed by atoms with Crippen LogP contribution in [0.25, 0.3) is 0 Å². The molecule has 1 N–H and O–H groups in total. The van der Waals surface area contributed by atoms with Crippen LogP contribution in [0.3, 0.4) is 0 Å². The molecule has 1 amide bonds. The molecule has 0 aliphatic rings. The molecule has 3 aromatic carbocycles. The molecule has 0 aliphatic heterocycles. The third kappa shape index (κ3) is 6.62. The Morgan fingerprint density at radius 2 is 1.49 bits per heavy atom. The van der Waals surface area contributed by atoms with Crippen molar-refractivity contribution >= 4 is 27.3 Å². The number of rotatable bonds is 9. The highest BCUT2D eigenvalue weighted by Crippen LogP contribution is 2.29. The van der Waals surface area contributed by atoms with E-state index in [1.165, 1.54) is 16.1 Å². The Balaban J connectivity index is 1.45. The quantitative estimate of drug-likeness (QED) is 0.309. The average Bonchev–Trinajstić information content (AvgIpc) is 2.89. The molecule has 190 valence electrons. The smallest absolute Gasteiger partial charge is 0.255 e. The van der Waals surface area contributed by atoms with Crippen LogP contribution in [-0.2, 0) is 29.4 Å². The second kappa shape index (κ2) is 11.4. The van der Waals surface area contributed by atoms with E-state index >= 15 is 0 Å². The van der Waals surface area contributed by atoms with Crippen molar-refractivity contribution in [1.29, 1.82) is 0 Å².